The van der Waals surface area contributed by atoms with Crippen LogP contribution in [-0.4, -0.2) is 22.3 Å². The smallest absolute Gasteiger partial charge is 0.128 e. The second kappa shape index (κ2) is 8.19. The third-order valence-electron chi connectivity index (χ3n) is 4.82. The number of aromatic nitrogens is 1. The highest BCUT2D eigenvalue weighted by atomic mass is 16.5. The monoisotopic (exact) mass is 383 g/mol. The molecule has 5 nitrogen and oxygen atoms in total. The third kappa shape index (κ3) is 3.99. The molecule has 1 aromatic heterocycles. The van der Waals surface area contributed by atoms with Gasteiger partial charge in [-0.3, -0.25) is 0 Å². The van der Waals surface area contributed by atoms with Crippen LogP contribution in [0.2, 0.25) is 0 Å². The lowest BCUT2D eigenvalue weighted by Gasteiger charge is -2.09. The maximum atomic E-state index is 9.31. The van der Waals surface area contributed by atoms with Crippen LogP contribution < -0.4 is 10.5 Å². The lowest BCUT2D eigenvalue weighted by atomic mass is 10.1. The van der Waals surface area contributed by atoms with E-state index in [9.17, 15) is 5.11 Å². The maximum absolute atomic E-state index is 9.31. The molecule has 0 spiro atoms. The van der Waals surface area contributed by atoms with Crippen molar-refractivity contribution in [2.75, 3.05) is 6.61 Å². The molecule has 4 rings (SSSR count). The molecule has 1 heterocycles. The van der Waals surface area contributed by atoms with Crippen molar-refractivity contribution < 1.29 is 9.84 Å². The fourth-order valence-corrected chi connectivity index (χ4v) is 3.41. The van der Waals surface area contributed by atoms with Gasteiger partial charge in [0.05, 0.1) is 23.8 Å². The number of nitrogens with zero attached hydrogens (tertiary/aromatic N) is 2. The highest BCUT2D eigenvalue weighted by Crippen LogP contribution is 2.28. The summed E-state index contributed by atoms with van der Waals surface area (Å²) in [5, 5.41) is 19.5. The first-order valence-electron chi connectivity index (χ1n) is 9.42. The molecule has 0 aliphatic heterocycles. The van der Waals surface area contributed by atoms with Crippen LogP contribution in [0.1, 0.15) is 11.1 Å². The minimum Gasteiger partial charge on any atom is -0.457 e. The van der Waals surface area contributed by atoms with Gasteiger partial charge in [-0.05, 0) is 60.5 Å². The minimum atomic E-state index is -0.283. The lowest BCUT2D eigenvalue weighted by molar-refractivity contribution is 0.265. The zero-order chi connectivity index (χ0) is 20.2. The van der Waals surface area contributed by atoms with Gasteiger partial charge >= 0.3 is 0 Å². The van der Waals surface area contributed by atoms with E-state index in [-0.39, 0.29) is 12.6 Å². The van der Waals surface area contributed by atoms with E-state index in [1.165, 1.54) is 0 Å². The summed E-state index contributed by atoms with van der Waals surface area (Å²) < 4.78 is 7.99. The normalized spacial score (nSPS) is 11.9. The largest absolute Gasteiger partial charge is 0.457 e. The second-order valence-corrected chi connectivity index (χ2v) is 6.92. The summed E-state index contributed by atoms with van der Waals surface area (Å²) in [6.45, 7) is -0.0431. The summed E-state index contributed by atoms with van der Waals surface area (Å²) in [6, 6.07) is 24.9. The average molecular weight is 383 g/mol. The summed E-state index contributed by atoms with van der Waals surface area (Å²) in [7, 11) is 0. The maximum Gasteiger partial charge on any atom is 0.128 e. The number of aliphatic hydroxyl groups is 1. The van der Waals surface area contributed by atoms with E-state index in [0.29, 0.717) is 23.5 Å². The fraction of sp³-hybridized carbons (Fsp3) is 0.125. The van der Waals surface area contributed by atoms with Gasteiger partial charge in [-0.15, -0.1) is 0 Å². The number of nitrogens with two attached hydrogens (primary N) is 1. The summed E-state index contributed by atoms with van der Waals surface area (Å²) in [6.07, 6.45) is 2.69. The SMILES string of the molecule is N#Cc1cccc(Oc2ccc(-n3cc(C[C@H](N)CO)c4ccccc43)cc2)c1. The first-order chi connectivity index (χ1) is 14.2. The summed E-state index contributed by atoms with van der Waals surface area (Å²) in [4.78, 5) is 0. The molecular formula is C24H21N3O2. The fourth-order valence-electron chi connectivity index (χ4n) is 3.41. The van der Waals surface area contributed by atoms with E-state index in [0.717, 1.165) is 22.2 Å². The summed E-state index contributed by atoms with van der Waals surface area (Å²) >= 11 is 0. The molecule has 0 aliphatic rings. The molecule has 29 heavy (non-hydrogen) atoms. The van der Waals surface area contributed by atoms with Gasteiger partial charge in [-0.1, -0.05) is 24.3 Å². The molecular weight excluding hydrogens is 362 g/mol. The molecule has 3 aromatic carbocycles. The van der Waals surface area contributed by atoms with E-state index < -0.39 is 0 Å². The van der Waals surface area contributed by atoms with Crippen molar-refractivity contribution >= 4 is 10.9 Å². The molecule has 0 saturated carbocycles. The highest BCUT2D eigenvalue weighted by molar-refractivity contribution is 5.85. The lowest BCUT2D eigenvalue weighted by Crippen LogP contribution is -2.26. The van der Waals surface area contributed by atoms with Crippen molar-refractivity contribution in [2.45, 2.75) is 12.5 Å². The zero-order valence-electron chi connectivity index (χ0n) is 15.8. The van der Waals surface area contributed by atoms with Crippen molar-refractivity contribution in [3.63, 3.8) is 0 Å². The molecule has 3 N–H and O–H groups in total. The summed E-state index contributed by atoms with van der Waals surface area (Å²) in [5.74, 6) is 1.33. The van der Waals surface area contributed by atoms with Crippen molar-refractivity contribution in [1.82, 2.24) is 4.57 Å². The van der Waals surface area contributed by atoms with Crippen LogP contribution in [-0.2, 0) is 6.42 Å². The first-order valence-corrected chi connectivity index (χ1v) is 9.42. The van der Waals surface area contributed by atoms with Crippen LogP contribution in [0, 0.1) is 11.3 Å². The highest BCUT2D eigenvalue weighted by Gasteiger charge is 2.12. The minimum absolute atomic E-state index is 0.0431. The number of hydrogen-bond donors (Lipinski definition) is 2. The average Bonchev–Trinajstić information content (AvgIpc) is 3.13. The van der Waals surface area contributed by atoms with Gasteiger partial charge in [0.1, 0.15) is 11.5 Å². The van der Waals surface area contributed by atoms with Crippen LogP contribution in [0.25, 0.3) is 16.6 Å². The molecule has 0 radical (unpaired) electrons. The van der Waals surface area contributed by atoms with E-state index in [1.807, 2.05) is 42.5 Å². The van der Waals surface area contributed by atoms with Crippen molar-refractivity contribution in [2.24, 2.45) is 5.73 Å². The van der Waals surface area contributed by atoms with Crippen LogP contribution in [0.3, 0.4) is 0 Å². The number of nitriles is 1. The van der Waals surface area contributed by atoms with Crippen LogP contribution >= 0.6 is 0 Å². The summed E-state index contributed by atoms with van der Waals surface area (Å²) in [5.41, 5.74) is 9.72. The predicted molar refractivity (Wildman–Crippen MR) is 113 cm³/mol. The van der Waals surface area contributed by atoms with Gasteiger partial charge in [0.25, 0.3) is 0 Å². The standard InChI is InChI=1S/C24H21N3O2/c25-14-17-4-3-5-22(12-17)29-21-10-8-20(9-11-21)27-15-18(13-19(26)16-28)23-6-1-2-7-24(23)27/h1-12,15,19,28H,13,16,26H2/t19-/m0/s1. The second-order valence-electron chi connectivity index (χ2n) is 6.92. The Morgan fingerprint density at radius 3 is 2.55 bits per heavy atom. The van der Waals surface area contributed by atoms with Gasteiger partial charge < -0.3 is 20.1 Å². The molecule has 0 amide bonds. The Morgan fingerprint density at radius 2 is 1.79 bits per heavy atom. The molecule has 5 heteroatoms. The van der Waals surface area contributed by atoms with Crippen LogP contribution in [0.15, 0.2) is 79.0 Å². The molecule has 0 fully saturated rings. The number of rotatable bonds is 6. The Kier molecular flexibility index (Phi) is 5.30. The molecule has 0 saturated heterocycles. The number of aliphatic hydroxyl groups excluding tert-OH is 1. The van der Waals surface area contributed by atoms with Gasteiger partial charge in [-0.2, -0.15) is 5.26 Å². The van der Waals surface area contributed by atoms with E-state index in [2.05, 4.69) is 29.0 Å². The van der Waals surface area contributed by atoms with Gasteiger partial charge in [0.2, 0.25) is 0 Å². The third-order valence-corrected chi connectivity index (χ3v) is 4.82. The predicted octanol–water partition coefficient (Wildman–Crippen LogP) is 4.16. The van der Waals surface area contributed by atoms with E-state index in [1.54, 1.807) is 18.2 Å². The number of ether oxygens (including phenoxy) is 1. The van der Waals surface area contributed by atoms with Gasteiger partial charge in [0, 0.05) is 23.3 Å². The first kappa shape index (κ1) is 18.8. The quantitative estimate of drug-likeness (QED) is 0.524. The van der Waals surface area contributed by atoms with Gasteiger partial charge in [-0.25, -0.2) is 0 Å². The van der Waals surface area contributed by atoms with Crippen molar-refractivity contribution in [3.8, 4) is 23.3 Å². The Hall–Kier alpha value is -3.59. The molecule has 1 atom stereocenters. The number of para-hydroxylation sites is 1. The van der Waals surface area contributed by atoms with Crippen molar-refractivity contribution in [3.05, 3.63) is 90.1 Å². The van der Waals surface area contributed by atoms with Crippen molar-refractivity contribution in [1.29, 1.82) is 5.26 Å². The zero-order valence-corrected chi connectivity index (χ0v) is 15.8. The number of benzene rings is 3. The topological polar surface area (TPSA) is 84.2 Å². The number of hydrogen-bond acceptors (Lipinski definition) is 4. The van der Waals surface area contributed by atoms with E-state index in [4.69, 9.17) is 15.7 Å². The Labute approximate surface area is 169 Å². The molecule has 0 unspecified atom stereocenters. The van der Waals surface area contributed by atoms with Gasteiger partial charge in [0.15, 0.2) is 0 Å². The number of fused-ring (bicyclic) bond motifs is 1. The molecule has 0 bridgehead atoms. The van der Waals surface area contributed by atoms with E-state index >= 15 is 0 Å². The molecule has 0 aliphatic carbocycles. The van der Waals surface area contributed by atoms with Crippen LogP contribution in [0.5, 0.6) is 11.5 Å². The van der Waals surface area contributed by atoms with Crippen LogP contribution in [0.4, 0.5) is 0 Å². The Morgan fingerprint density at radius 1 is 1.00 bits per heavy atom. The Balaban J connectivity index is 1.63. The Bertz CT molecular complexity index is 1170. The molecule has 144 valence electrons. The molecule has 4 aromatic rings.